The first kappa shape index (κ1) is 21.0. The molecule has 0 saturated carbocycles. The highest BCUT2D eigenvalue weighted by Gasteiger charge is 2.24. The Morgan fingerprint density at radius 3 is 2.93 bits per heavy atom. The van der Waals surface area contributed by atoms with Crippen molar-refractivity contribution in [1.82, 2.24) is 9.55 Å². The van der Waals surface area contributed by atoms with Crippen LogP contribution in [0.1, 0.15) is 30.7 Å². The second kappa shape index (κ2) is 8.47. The van der Waals surface area contributed by atoms with Gasteiger partial charge in [0.25, 0.3) is 5.56 Å². The Kier molecular flexibility index (Phi) is 5.92. The van der Waals surface area contributed by atoms with E-state index >= 15 is 0 Å². The zero-order chi connectivity index (χ0) is 21.4. The average Bonchev–Trinajstić information content (AvgIpc) is 3.06. The summed E-state index contributed by atoms with van der Waals surface area (Å²) in [5.41, 5.74) is 0.981. The van der Waals surface area contributed by atoms with Crippen molar-refractivity contribution in [2.75, 3.05) is 11.1 Å². The molecule has 2 heterocycles. The lowest BCUT2D eigenvalue weighted by molar-refractivity contribution is -0.113. The molecule has 0 bridgehead atoms. The number of halogens is 2. The SMILES string of the molecule is CCn1c(SCC(=O)Nc2ccc(F)cc2F)nc2sc3c(c2c1=O)CCC(C)C3. The number of thiophene rings is 1. The maximum atomic E-state index is 13.7. The number of benzene rings is 1. The number of aryl methyl sites for hydroxylation is 1. The molecule has 5 nitrogen and oxygen atoms in total. The van der Waals surface area contributed by atoms with E-state index in [9.17, 15) is 18.4 Å². The predicted molar refractivity (Wildman–Crippen MR) is 116 cm³/mol. The van der Waals surface area contributed by atoms with Crippen molar-refractivity contribution in [1.29, 1.82) is 0 Å². The van der Waals surface area contributed by atoms with Crippen molar-refractivity contribution in [3.8, 4) is 0 Å². The van der Waals surface area contributed by atoms with Crippen molar-refractivity contribution in [2.45, 2.75) is 44.8 Å². The van der Waals surface area contributed by atoms with E-state index in [0.29, 0.717) is 29.1 Å². The smallest absolute Gasteiger partial charge is 0.263 e. The maximum absolute atomic E-state index is 13.7. The molecule has 30 heavy (non-hydrogen) atoms. The molecular weight excluding hydrogens is 428 g/mol. The molecule has 2 aromatic heterocycles. The molecule has 0 radical (unpaired) electrons. The summed E-state index contributed by atoms with van der Waals surface area (Å²) in [6.45, 7) is 4.53. The number of nitrogens with zero attached hydrogens (tertiary/aromatic N) is 2. The zero-order valence-electron chi connectivity index (χ0n) is 16.6. The van der Waals surface area contributed by atoms with Crippen molar-refractivity contribution in [2.24, 2.45) is 5.92 Å². The van der Waals surface area contributed by atoms with Gasteiger partial charge < -0.3 is 5.32 Å². The lowest BCUT2D eigenvalue weighted by Crippen LogP contribution is -2.24. The summed E-state index contributed by atoms with van der Waals surface area (Å²) in [5, 5.41) is 3.61. The van der Waals surface area contributed by atoms with E-state index in [0.717, 1.165) is 47.5 Å². The molecule has 1 aliphatic carbocycles. The number of carbonyl (C=O) groups excluding carboxylic acids is 1. The van der Waals surface area contributed by atoms with E-state index in [4.69, 9.17) is 0 Å². The Morgan fingerprint density at radius 1 is 1.40 bits per heavy atom. The lowest BCUT2D eigenvalue weighted by Gasteiger charge is -2.17. The fourth-order valence-corrected chi connectivity index (χ4v) is 5.99. The monoisotopic (exact) mass is 449 g/mol. The molecule has 4 rings (SSSR count). The van der Waals surface area contributed by atoms with Gasteiger partial charge in [-0.05, 0) is 49.8 Å². The van der Waals surface area contributed by atoms with Crippen molar-refractivity contribution in [3.63, 3.8) is 0 Å². The third-order valence-electron chi connectivity index (χ3n) is 5.23. The molecule has 1 aromatic carbocycles. The van der Waals surface area contributed by atoms with E-state index in [1.165, 1.54) is 10.9 Å². The number of amides is 1. The summed E-state index contributed by atoms with van der Waals surface area (Å²) >= 11 is 2.70. The van der Waals surface area contributed by atoms with Gasteiger partial charge in [-0.15, -0.1) is 11.3 Å². The fraction of sp³-hybridized carbons (Fsp3) is 0.381. The van der Waals surface area contributed by atoms with E-state index in [2.05, 4.69) is 17.2 Å². The molecule has 158 valence electrons. The first-order valence-corrected chi connectivity index (χ1v) is 11.6. The number of hydrogen-bond acceptors (Lipinski definition) is 5. The topological polar surface area (TPSA) is 64.0 Å². The van der Waals surface area contributed by atoms with Crippen LogP contribution in [0.25, 0.3) is 10.2 Å². The number of anilines is 1. The van der Waals surface area contributed by atoms with Gasteiger partial charge >= 0.3 is 0 Å². The van der Waals surface area contributed by atoms with Gasteiger partial charge in [-0.25, -0.2) is 13.8 Å². The molecule has 0 saturated heterocycles. The normalized spacial score (nSPS) is 15.9. The van der Waals surface area contributed by atoms with Gasteiger partial charge in [0.05, 0.1) is 16.8 Å². The quantitative estimate of drug-likeness (QED) is 0.456. The van der Waals surface area contributed by atoms with Crippen LogP contribution in [-0.4, -0.2) is 21.2 Å². The number of rotatable bonds is 5. The van der Waals surface area contributed by atoms with Crippen molar-refractivity contribution < 1.29 is 13.6 Å². The molecule has 9 heteroatoms. The molecule has 1 aliphatic rings. The number of hydrogen-bond donors (Lipinski definition) is 1. The highest BCUT2D eigenvalue weighted by atomic mass is 32.2. The minimum Gasteiger partial charge on any atom is -0.323 e. The molecule has 1 unspecified atom stereocenters. The van der Waals surface area contributed by atoms with Gasteiger partial charge in [-0.2, -0.15) is 0 Å². The Balaban J connectivity index is 1.58. The predicted octanol–water partition coefficient (Wildman–Crippen LogP) is 4.61. The third kappa shape index (κ3) is 4.00. The zero-order valence-corrected chi connectivity index (χ0v) is 18.3. The van der Waals surface area contributed by atoms with Crippen LogP contribution in [0.3, 0.4) is 0 Å². The minimum absolute atomic E-state index is 0.0448. The maximum Gasteiger partial charge on any atom is 0.263 e. The van der Waals surface area contributed by atoms with Crippen LogP contribution in [-0.2, 0) is 24.2 Å². The number of aromatic nitrogens is 2. The van der Waals surface area contributed by atoms with Gasteiger partial charge in [0.15, 0.2) is 5.16 Å². The van der Waals surface area contributed by atoms with Crippen LogP contribution in [0.4, 0.5) is 14.5 Å². The van der Waals surface area contributed by atoms with Crippen molar-refractivity contribution >= 4 is 44.9 Å². The van der Waals surface area contributed by atoms with Crippen LogP contribution in [0.15, 0.2) is 28.2 Å². The molecule has 1 atom stereocenters. The van der Waals surface area contributed by atoms with E-state index < -0.39 is 17.5 Å². The second-order valence-corrected chi connectivity index (χ2v) is 9.46. The number of nitrogens with one attached hydrogen (secondary N) is 1. The average molecular weight is 450 g/mol. The Labute approximate surface area is 180 Å². The molecule has 1 N–H and O–H groups in total. The van der Waals surface area contributed by atoms with E-state index in [-0.39, 0.29) is 17.0 Å². The summed E-state index contributed by atoms with van der Waals surface area (Å²) in [6.07, 6.45) is 2.94. The summed E-state index contributed by atoms with van der Waals surface area (Å²) in [7, 11) is 0. The highest BCUT2D eigenvalue weighted by molar-refractivity contribution is 7.99. The van der Waals surface area contributed by atoms with Gasteiger partial charge in [-0.1, -0.05) is 18.7 Å². The minimum atomic E-state index is -0.836. The molecule has 3 aromatic rings. The van der Waals surface area contributed by atoms with Crippen LogP contribution in [0.5, 0.6) is 0 Å². The second-order valence-electron chi connectivity index (χ2n) is 7.44. The molecule has 0 spiro atoms. The van der Waals surface area contributed by atoms with Crippen LogP contribution in [0.2, 0.25) is 0 Å². The number of carbonyl (C=O) groups is 1. The fourth-order valence-electron chi connectivity index (χ4n) is 3.70. The van der Waals surface area contributed by atoms with E-state index in [1.54, 1.807) is 15.9 Å². The summed E-state index contributed by atoms with van der Waals surface area (Å²) in [5.74, 6) is -1.45. The Bertz CT molecular complexity index is 1190. The van der Waals surface area contributed by atoms with Crippen LogP contribution >= 0.6 is 23.1 Å². The first-order valence-electron chi connectivity index (χ1n) is 9.80. The molecule has 1 amide bonds. The Morgan fingerprint density at radius 2 is 2.20 bits per heavy atom. The van der Waals surface area contributed by atoms with Crippen molar-refractivity contribution in [3.05, 3.63) is 50.6 Å². The molecule has 0 fully saturated rings. The summed E-state index contributed by atoms with van der Waals surface area (Å²) in [4.78, 5) is 32.0. The van der Waals surface area contributed by atoms with Crippen LogP contribution in [0, 0.1) is 17.6 Å². The standard InChI is InChI=1S/C21H21F2N3O2S2/c1-3-26-20(28)18-13-6-4-11(2)8-16(13)30-19(18)25-21(26)29-10-17(27)24-15-7-5-12(22)9-14(15)23/h5,7,9,11H,3-4,6,8,10H2,1-2H3,(H,24,27). The first-order chi connectivity index (χ1) is 14.4. The molecular formula is C21H21F2N3O2S2. The Hall–Kier alpha value is -2.26. The van der Waals surface area contributed by atoms with Gasteiger partial charge in [-0.3, -0.25) is 14.2 Å². The third-order valence-corrected chi connectivity index (χ3v) is 7.36. The molecule has 0 aliphatic heterocycles. The van der Waals surface area contributed by atoms with Gasteiger partial charge in [0.1, 0.15) is 16.5 Å². The van der Waals surface area contributed by atoms with Gasteiger partial charge in [0, 0.05) is 17.5 Å². The lowest BCUT2D eigenvalue weighted by atomic mass is 9.89. The van der Waals surface area contributed by atoms with E-state index in [1.807, 2.05) is 6.92 Å². The highest BCUT2D eigenvalue weighted by Crippen LogP contribution is 2.36. The number of thioether (sulfide) groups is 1. The summed E-state index contributed by atoms with van der Waals surface area (Å²) in [6, 6.07) is 2.97. The van der Waals surface area contributed by atoms with Crippen LogP contribution < -0.4 is 10.9 Å². The number of fused-ring (bicyclic) bond motifs is 3. The largest absolute Gasteiger partial charge is 0.323 e. The van der Waals surface area contributed by atoms with Gasteiger partial charge in [0.2, 0.25) is 5.91 Å². The summed E-state index contributed by atoms with van der Waals surface area (Å²) < 4.78 is 28.3.